The number of carbonyl (C=O) groups is 3. The molecule has 1 N–H and O–H groups in total. The third-order valence-corrected chi connectivity index (χ3v) is 5.81. The maximum Gasteiger partial charge on any atom is 0.338 e. The Morgan fingerprint density at radius 1 is 0.706 bits per heavy atom. The van der Waals surface area contributed by atoms with Crippen LogP contribution in [-0.2, 0) is 4.74 Å². The first-order valence-corrected chi connectivity index (χ1v) is 11.3. The van der Waals surface area contributed by atoms with Crippen molar-refractivity contribution in [2.75, 3.05) is 11.9 Å². The van der Waals surface area contributed by atoms with E-state index in [1.807, 2.05) is 48.5 Å². The summed E-state index contributed by atoms with van der Waals surface area (Å²) in [5.74, 6) is -1.26. The Labute approximate surface area is 205 Å². The van der Waals surface area contributed by atoms with Gasteiger partial charge in [0.2, 0.25) is 0 Å². The Hall–Kier alpha value is -4.03. The summed E-state index contributed by atoms with van der Waals surface area (Å²) in [6.07, 6.45) is 0. The standard InChI is InChI=1S/C28H20BrNO4/c29-25-12-5-4-11-24(25)27(32)30-23-10-6-9-22(17-23)28(33)34-18-26(31)21-15-13-20(14-16-21)19-7-2-1-3-8-19/h1-17H,18H2,(H,30,32). The molecule has 34 heavy (non-hydrogen) atoms. The van der Waals surface area contributed by atoms with Crippen LogP contribution in [-0.4, -0.2) is 24.3 Å². The van der Waals surface area contributed by atoms with Gasteiger partial charge in [-0.05, 0) is 57.4 Å². The Kier molecular flexibility index (Phi) is 7.30. The van der Waals surface area contributed by atoms with Crippen molar-refractivity contribution in [1.29, 1.82) is 0 Å². The smallest absolute Gasteiger partial charge is 0.338 e. The number of hydrogen-bond acceptors (Lipinski definition) is 4. The van der Waals surface area contributed by atoms with Crippen molar-refractivity contribution >= 4 is 39.3 Å². The first-order chi connectivity index (χ1) is 16.5. The number of halogens is 1. The molecule has 6 heteroatoms. The highest BCUT2D eigenvalue weighted by molar-refractivity contribution is 9.10. The third kappa shape index (κ3) is 5.66. The lowest BCUT2D eigenvalue weighted by Crippen LogP contribution is -2.15. The number of esters is 1. The van der Waals surface area contributed by atoms with Crippen molar-refractivity contribution in [3.05, 3.63) is 124 Å². The molecular formula is C28H20BrNO4. The van der Waals surface area contributed by atoms with Crippen LogP contribution in [0.5, 0.6) is 0 Å². The van der Waals surface area contributed by atoms with Crippen molar-refractivity contribution in [2.24, 2.45) is 0 Å². The first kappa shape index (κ1) is 23.1. The number of rotatable bonds is 7. The van der Waals surface area contributed by atoms with E-state index < -0.39 is 5.97 Å². The lowest BCUT2D eigenvalue weighted by molar-refractivity contribution is 0.0474. The van der Waals surface area contributed by atoms with E-state index >= 15 is 0 Å². The van der Waals surface area contributed by atoms with E-state index in [9.17, 15) is 14.4 Å². The zero-order valence-electron chi connectivity index (χ0n) is 18.0. The number of benzene rings is 4. The van der Waals surface area contributed by atoms with Crippen LogP contribution in [0.15, 0.2) is 108 Å². The number of amides is 1. The van der Waals surface area contributed by atoms with E-state index in [1.54, 1.807) is 48.5 Å². The van der Waals surface area contributed by atoms with Gasteiger partial charge in [0.15, 0.2) is 12.4 Å². The van der Waals surface area contributed by atoms with Gasteiger partial charge in [-0.2, -0.15) is 0 Å². The third-order valence-electron chi connectivity index (χ3n) is 5.12. The summed E-state index contributed by atoms with van der Waals surface area (Å²) >= 11 is 3.35. The maximum atomic E-state index is 12.5. The van der Waals surface area contributed by atoms with Gasteiger partial charge in [-0.3, -0.25) is 9.59 Å². The van der Waals surface area contributed by atoms with Gasteiger partial charge in [-0.15, -0.1) is 0 Å². The lowest BCUT2D eigenvalue weighted by atomic mass is 10.0. The van der Waals surface area contributed by atoms with Crippen LogP contribution in [0.2, 0.25) is 0 Å². The van der Waals surface area contributed by atoms with Crippen molar-refractivity contribution in [2.45, 2.75) is 0 Å². The second-order valence-electron chi connectivity index (χ2n) is 7.46. The topological polar surface area (TPSA) is 72.5 Å². The highest BCUT2D eigenvalue weighted by atomic mass is 79.9. The fraction of sp³-hybridized carbons (Fsp3) is 0.0357. The molecular weight excluding hydrogens is 494 g/mol. The zero-order chi connectivity index (χ0) is 23.9. The predicted molar refractivity (Wildman–Crippen MR) is 135 cm³/mol. The average molecular weight is 514 g/mol. The number of ketones is 1. The molecule has 0 atom stereocenters. The molecule has 0 unspecified atom stereocenters. The number of carbonyl (C=O) groups excluding carboxylic acids is 3. The molecule has 0 radical (unpaired) electrons. The average Bonchev–Trinajstić information content (AvgIpc) is 2.88. The Morgan fingerprint density at radius 2 is 1.38 bits per heavy atom. The molecule has 0 aliphatic rings. The Balaban J connectivity index is 1.36. The minimum atomic E-state index is -0.647. The van der Waals surface area contributed by atoms with E-state index in [1.165, 1.54) is 6.07 Å². The molecule has 4 aromatic rings. The summed E-state index contributed by atoms with van der Waals surface area (Å²) in [7, 11) is 0. The SMILES string of the molecule is O=C(COC(=O)c1cccc(NC(=O)c2ccccc2Br)c1)c1ccc(-c2ccccc2)cc1. The molecule has 0 aliphatic heterocycles. The molecule has 0 bridgehead atoms. The fourth-order valence-electron chi connectivity index (χ4n) is 3.34. The molecule has 0 heterocycles. The molecule has 168 valence electrons. The number of ether oxygens (including phenoxy) is 1. The fourth-order valence-corrected chi connectivity index (χ4v) is 3.81. The second kappa shape index (κ2) is 10.7. The molecule has 0 aliphatic carbocycles. The molecule has 4 rings (SSSR count). The van der Waals surface area contributed by atoms with Gasteiger partial charge < -0.3 is 10.1 Å². The minimum Gasteiger partial charge on any atom is -0.454 e. The molecule has 0 fully saturated rings. The lowest BCUT2D eigenvalue weighted by Gasteiger charge is -2.09. The van der Waals surface area contributed by atoms with Gasteiger partial charge in [0.1, 0.15) is 0 Å². The summed E-state index contributed by atoms with van der Waals surface area (Å²) in [4.78, 5) is 37.5. The molecule has 1 amide bonds. The number of anilines is 1. The van der Waals surface area contributed by atoms with Crippen LogP contribution >= 0.6 is 15.9 Å². The summed E-state index contributed by atoms with van der Waals surface area (Å²) in [5.41, 5.74) is 3.66. The monoisotopic (exact) mass is 513 g/mol. The molecule has 0 saturated heterocycles. The van der Waals surface area contributed by atoms with Crippen molar-refractivity contribution in [3.63, 3.8) is 0 Å². The van der Waals surface area contributed by atoms with Gasteiger partial charge in [0.05, 0.1) is 11.1 Å². The second-order valence-corrected chi connectivity index (χ2v) is 8.31. The first-order valence-electron chi connectivity index (χ1n) is 10.5. The van der Waals surface area contributed by atoms with Crippen LogP contribution in [0.4, 0.5) is 5.69 Å². The van der Waals surface area contributed by atoms with Crippen LogP contribution < -0.4 is 5.32 Å². The normalized spacial score (nSPS) is 10.4. The summed E-state index contributed by atoms with van der Waals surface area (Å²) in [6.45, 7) is -0.378. The maximum absolute atomic E-state index is 12.5. The number of Topliss-reactive ketones (excluding diaryl/α,β-unsaturated/α-hetero) is 1. The van der Waals surface area contributed by atoms with Crippen molar-refractivity contribution < 1.29 is 19.1 Å². The minimum absolute atomic E-state index is 0.233. The summed E-state index contributed by atoms with van der Waals surface area (Å²) in [6, 6.07) is 30.4. The quantitative estimate of drug-likeness (QED) is 0.229. The van der Waals surface area contributed by atoms with E-state index in [2.05, 4.69) is 21.2 Å². The molecule has 4 aromatic carbocycles. The van der Waals surface area contributed by atoms with E-state index in [0.29, 0.717) is 21.3 Å². The van der Waals surface area contributed by atoms with Crippen LogP contribution in [0.3, 0.4) is 0 Å². The van der Waals surface area contributed by atoms with Gasteiger partial charge in [-0.1, -0.05) is 72.8 Å². The van der Waals surface area contributed by atoms with Gasteiger partial charge in [0, 0.05) is 15.7 Å². The van der Waals surface area contributed by atoms with E-state index in [0.717, 1.165) is 11.1 Å². The molecule has 5 nitrogen and oxygen atoms in total. The van der Waals surface area contributed by atoms with E-state index in [4.69, 9.17) is 4.74 Å². The number of hydrogen-bond donors (Lipinski definition) is 1. The Bertz CT molecular complexity index is 1330. The summed E-state index contributed by atoms with van der Waals surface area (Å²) in [5, 5.41) is 2.76. The Morgan fingerprint density at radius 3 is 2.12 bits per heavy atom. The van der Waals surface area contributed by atoms with Crippen LogP contribution in [0.25, 0.3) is 11.1 Å². The van der Waals surface area contributed by atoms with Crippen LogP contribution in [0, 0.1) is 0 Å². The molecule has 0 spiro atoms. The van der Waals surface area contributed by atoms with E-state index in [-0.39, 0.29) is 23.9 Å². The van der Waals surface area contributed by atoms with Gasteiger partial charge >= 0.3 is 5.97 Å². The largest absolute Gasteiger partial charge is 0.454 e. The van der Waals surface area contributed by atoms with Gasteiger partial charge in [0.25, 0.3) is 5.91 Å². The van der Waals surface area contributed by atoms with Crippen LogP contribution in [0.1, 0.15) is 31.1 Å². The predicted octanol–water partition coefficient (Wildman–Crippen LogP) is 6.41. The molecule has 0 aromatic heterocycles. The zero-order valence-corrected chi connectivity index (χ0v) is 19.6. The number of nitrogens with one attached hydrogen (secondary N) is 1. The highest BCUT2D eigenvalue weighted by Crippen LogP contribution is 2.20. The van der Waals surface area contributed by atoms with Gasteiger partial charge in [-0.25, -0.2) is 4.79 Å². The van der Waals surface area contributed by atoms with Crippen molar-refractivity contribution in [3.8, 4) is 11.1 Å². The van der Waals surface area contributed by atoms with Crippen molar-refractivity contribution in [1.82, 2.24) is 0 Å². The summed E-state index contributed by atoms with van der Waals surface area (Å²) < 4.78 is 5.88. The molecule has 0 saturated carbocycles. The highest BCUT2D eigenvalue weighted by Gasteiger charge is 2.14.